The Morgan fingerprint density at radius 2 is 1.83 bits per heavy atom. The molecule has 0 spiro atoms. The minimum absolute atomic E-state index is 0.0467. The van der Waals surface area contributed by atoms with E-state index in [1.807, 2.05) is 63.2 Å². The Bertz CT molecular complexity index is 1040. The number of benzene rings is 2. The fourth-order valence-electron chi connectivity index (χ4n) is 2.72. The summed E-state index contributed by atoms with van der Waals surface area (Å²) < 4.78 is 10.9. The highest BCUT2D eigenvalue weighted by Crippen LogP contribution is 2.20. The number of aryl methyl sites for hydroxylation is 3. The Hall–Kier alpha value is -3.68. The minimum Gasteiger partial charge on any atom is -0.493 e. The third kappa shape index (κ3) is 5.91. The molecule has 1 heterocycles. The summed E-state index contributed by atoms with van der Waals surface area (Å²) in [6.07, 6.45) is 0.113. The minimum atomic E-state index is -0.410. The second-order valence-corrected chi connectivity index (χ2v) is 6.90. The van der Waals surface area contributed by atoms with Crippen molar-refractivity contribution >= 4 is 23.6 Å². The number of nitrogens with one attached hydrogen (secondary N) is 1. The second-order valence-electron chi connectivity index (χ2n) is 6.90. The summed E-state index contributed by atoms with van der Waals surface area (Å²) >= 11 is 0. The molecule has 0 aliphatic carbocycles. The van der Waals surface area contributed by atoms with Crippen molar-refractivity contribution in [1.82, 2.24) is 15.0 Å². The van der Waals surface area contributed by atoms with E-state index < -0.39 is 5.97 Å². The number of nitrogen functional groups attached to an aromatic ring is 1. The van der Waals surface area contributed by atoms with E-state index >= 15 is 0 Å². The summed E-state index contributed by atoms with van der Waals surface area (Å²) in [6, 6.07) is 13.7. The van der Waals surface area contributed by atoms with Crippen LogP contribution in [0.1, 0.15) is 28.9 Å². The quantitative estimate of drug-likeness (QED) is 0.544. The van der Waals surface area contributed by atoms with Gasteiger partial charge in [-0.1, -0.05) is 30.3 Å². The van der Waals surface area contributed by atoms with Crippen molar-refractivity contribution in [1.29, 1.82) is 0 Å². The molecule has 2 aromatic carbocycles. The van der Waals surface area contributed by atoms with Crippen LogP contribution in [0.15, 0.2) is 42.5 Å². The van der Waals surface area contributed by atoms with Gasteiger partial charge in [-0.25, -0.2) is 0 Å². The number of nitrogens with two attached hydrogens (primary N) is 1. The summed E-state index contributed by atoms with van der Waals surface area (Å²) in [5, 5.41) is 3.10. The molecule has 0 amide bonds. The number of rotatable bonds is 8. The van der Waals surface area contributed by atoms with Crippen LogP contribution in [0.5, 0.6) is 5.75 Å². The number of hydrogen-bond acceptors (Lipinski definition) is 8. The van der Waals surface area contributed by atoms with Crippen molar-refractivity contribution in [2.45, 2.75) is 33.8 Å². The molecule has 3 rings (SSSR count). The molecular formula is C22H25N5O3. The van der Waals surface area contributed by atoms with Crippen LogP contribution in [0.25, 0.3) is 0 Å². The van der Waals surface area contributed by atoms with Crippen molar-refractivity contribution in [3.05, 3.63) is 65.0 Å². The van der Waals surface area contributed by atoms with Crippen molar-refractivity contribution in [3.8, 4) is 5.75 Å². The SMILES string of the molecule is Cc1ccc(C)c(OCCC(=O)OCc2nc(N)nc(Nc3ccccc3C)n2)c1. The molecule has 156 valence electrons. The molecule has 0 saturated heterocycles. The third-order valence-corrected chi connectivity index (χ3v) is 4.36. The molecule has 1 aromatic heterocycles. The molecule has 3 aromatic rings. The second kappa shape index (κ2) is 9.69. The summed E-state index contributed by atoms with van der Waals surface area (Å²) in [4.78, 5) is 24.4. The average molecular weight is 407 g/mol. The van der Waals surface area contributed by atoms with E-state index in [4.69, 9.17) is 15.2 Å². The zero-order valence-electron chi connectivity index (χ0n) is 17.3. The van der Waals surface area contributed by atoms with Crippen molar-refractivity contribution < 1.29 is 14.3 Å². The Morgan fingerprint density at radius 1 is 1.03 bits per heavy atom. The molecule has 0 aliphatic rings. The molecule has 8 nitrogen and oxygen atoms in total. The van der Waals surface area contributed by atoms with E-state index in [0.717, 1.165) is 28.1 Å². The molecular weight excluding hydrogens is 382 g/mol. The van der Waals surface area contributed by atoms with E-state index in [9.17, 15) is 4.79 Å². The van der Waals surface area contributed by atoms with Gasteiger partial charge in [0.2, 0.25) is 11.9 Å². The molecule has 0 saturated carbocycles. The topological polar surface area (TPSA) is 112 Å². The van der Waals surface area contributed by atoms with Crippen molar-refractivity contribution in [2.24, 2.45) is 0 Å². The van der Waals surface area contributed by atoms with E-state index in [0.29, 0.717) is 5.95 Å². The van der Waals surface area contributed by atoms with Gasteiger partial charge in [0, 0.05) is 5.69 Å². The molecule has 30 heavy (non-hydrogen) atoms. The predicted octanol–water partition coefficient (Wildman–Crippen LogP) is 3.63. The fourth-order valence-corrected chi connectivity index (χ4v) is 2.72. The number of para-hydroxylation sites is 1. The number of carbonyl (C=O) groups excluding carboxylic acids is 1. The highest BCUT2D eigenvalue weighted by atomic mass is 16.5. The number of anilines is 3. The first-order valence-corrected chi connectivity index (χ1v) is 9.59. The monoisotopic (exact) mass is 407 g/mol. The van der Waals surface area contributed by atoms with Crippen LogP contribution >= 0.6 is 0 Å². The molecule has 0 aliphatic heterocycles. The van der Waals surface area contributed by atoms with Gasteiger partial charge >= 0.3 is 5.97 Å². The molecule has 0 atom stereocenters. The van der Waals surface area contributed by atoms with Gasteiger partial charge in [-0.3, -0.25) is 4.79 Å². The van der Waals surface area contributed by atoms with Crippen molar-refractivity contribution in [3.63, 3.8) is 0 Å². The Labute approximate surface area is 175 Å². The zero-order valence-corrected chi connectivity index (χ0v) is 17.3. The molecule has 0 fully saturated rings. The van der Waals surface area contributed by atoms with Crippen LogP contribution in [-0.2, 0) is 16.1 Å². The predicted molar refractivity (Wildman–Crippen MR) is 115 cm³/mol. The van der Waals surface area contributed by atoms with E-state index in [1.54, 1.807) is 0 Å². The number of carbonyl (C=O) groups is 1. The highest BCUT2D eigenvalue weighted by molar-refractivity contribution is 5.69. The summed E-state index contributed by atoms with van der Waals surface area (Å²) in [6.45, 7) is 6.04. The van der Waals surface area contributed by atoms with Crippen LogP contribution in [0.4, 0.5) is 17.6 Å². The third-order valence-electron chi connectivity index (χ3n) is 4.36. The van der Waals surface area contributed by atoms with Crippen LogP contribution < -0.4 is 15.8 Å². The number of nitrogens with zero attached hydrogens (tertiary/aromatic N) is 3. The largest absolute Gasteiger partial charge is 0.493 e. The maximum absolute atomic E-state index is 12.0. The Kier molecular flexibility index (Phi) is 6.79. The Morgan fingerprint density at radius 3 is 2.63 bits per heavy atom. The summed E-state index contributed by atoms with van der Waals surface area (Å²) in [5.74, 6) is 0.960. The van der Waals surface area contributed by atoms with Crippen molar-refractivity contribution in [2.75, 3.05) is 17.7 Å². The number of esters is 1. The van der Waals surface area contributed by atoms with Crippen LogP contribution in [0, 0.1) is 20.8 Å². The van der Waals surface area contributed by atoms with Gasteiger partial charge in [0.15, 0.2) is 12.4 Å². The van der Waals surface area contributed by atoms with Gasteiger partial charge in [-0.2, -0.15) is 15.0 Å². The smallest absolute Gasteiger partial charge is 0.309 e. The molecule has 0 bridgehead atoms. The lowest BCUT2D eigenvalue weighted by Crippen LogP contribution is -2.13. The highest BCUT2D eigenvalue weighted by Gasteiger charge is 2.10. The molecule has 0 unspecified atom stereocenters. The van der Waals surface area contributed by atoms with E-state index in [-0.39, 0.29) is 31.4 Å². The molecule has 3 N–H and O–H groups in total. The number of hydrogen-bond donors (Lipinski definition) is 2. The van der Waals surface area contributed by atoms with Crippen LogP contribution in [0.2, 0.25) is 0 Å². The van der Waals surface area contributed by atoms with Gasteiger partial charge in [-0.15, -0.1) is 0 Å². The summed E-state index contributed by atoms with van der Waals surface area (Å²) in [5.41, 5.74) is 9.77. The first kappa shape index (κ1) is 21.0. The first-order valence-electron chi connectivity index (χ1n) is 9.59. The van der Waals surface area contributed by atoms with Gasteiger partial charge in [0.05, 0.1) is 13.0 Å². The number of aromatic nitrogens is 3. The van der Waals surface area contributed by atoms with Crippen LogP contribution in [-0.4, -0.2) is 27.5 Å². The lowest BCUT2D eigenvalue weighted by Gasteiger charge is -2.11. The van der Waals surface area contributed by atoms with Gasteiger partial charge < -0.3 is 20.5 Å². The molecule has 8 heteroatoms. The normalized spacial score (nSPS) is 10.5. The van der Waals surface area contributed by atoms with Crippen LogP contribution in [0.3, 0.4) is 0 Å². The van der Waals surface area contributed by atoms with E-state index in [2.05, 4.69) is 20.3 Å². The Balaban J connectivity index is 1.52. The standard InChI is InChI=1S/C22H25N5O3/c1-14-8-9-16(3)18(12-14)29-11-10-20(28)30-13-19-25-21(23)27-22(26-19)24-17-7-5-4-6-15(17)2/h4-9,12H,10-11,13H2,1-3H3,(H3,23,24,25,26,27). The maximum Gasteiger partial charge on any atom is 0.309 e. The van der Waals surface area contributed by atoms with E-state index in [1.165, 1.54) is 0 Å². The zero-order chi connectivity index (χ0) is 21.5. The number of ether oxygens (including phenoxy) is 2. The maximum atomic E-state index is 12.0. The first-order chi connectivity index (χ1) is 14.4. The van der Waals surface area contributed by atoms with Gasteiger partial charge in [-0.05, 0) is 49.6 Å². The average Bonchev–Trinajstić information content (AvgIpc) is 2.70. The van der Waals surface area contributed by atoms with Gasteiger partial charge in [0.1, 0.15) is 5.75 Å². The summed E-state index contributed by atoms with van der Waals surface area (Å²) in [7, 11) is 0. The van der Waals surface area contributed by atoms with Gasteiger partial charge in [0.25, 0.3) is 0 Å². The fraction of sp³-hybridized carbons (Fsp3) is 0.273. The lowest BCUT2D eigenvalue weighted by atomic mass is 10.1. The lowest BCUT2D eigenvalue weighted by molar-refractivity contribution is -0.145. The molecule has 0 radical (unpaired) electrons.